The fourth-order valence-corrected chi connectivity index (χ4v) is 2.44. The van der Waals surface area contributed by atoms with Gasteiger partial charge in [0.1, 0.15) is 5.75 Å². The molecule has 0 fully saturated rings. The lowest BCUT2D eigenvalue weighted by Gasteiger charge is -2.13. The first-order valence-electron chi connectivity index (χ1n) is 6.29. The van der Waals surface area contributed by atoms with Crippen molar-refractivity contribution in [2.45, 2.75) is 32.1 Å². The Bertz CT molecular complexity index is 573. The van der Waals surface area contributed by atoms with E-state index >= 15 is 0 Å². The lowest BCUT2D eigenvalue weighted by Crippen LogP contribution is -2.29. The fourth-order valence-electron chi connectivity index (χ4n) is 1.76. The predicted molar refractivity (Wildman–Crippen MR) is 76.1 cm³/mol. The van der Waals surface area contributed by atoms with Gasteiger partial charge in [-0.2, -0.15) is 0 Å². The summed E-state index contributed by atoms with van der Waals surface area (Å²) in [5, 5.41) is 7.79. The first-order valence-corrected chi connectivity index (χ1v) is 7.84. The summed E-state index contributed by atoms with van der Waals surface area (Å²) in [5.74, 6) is 0.297. The quantitative estimate of drug-likeness (QED) is 0.814. The molecule has 1 aromatic carbocycles. The van der Waals surface area contributed by atoms with Crippen molar-refractivity contribution in [1.82, 2.24) is 5.32 Å². The van der Waals surface area contributed by atoms with Crippen molar-refractivity contribution >= 4 is 15.9 Å². The van der Waals surface area contributed by atoms with Crippen molar-refractivity contribution in [3.63, 3.8) is 0 Å². The summed E-state index contributed by atoms with van der Waals surface area (Å²) in [7, 11) is -3.74. The number of aryl methyl sites for hydroxylation is 2. The third kappa shape index (κ3) is 4.50. The second kappa shape index (κ2) is 6.71. The van der Waals surface area contributed by atoms with Gasteiger partial charge in [-0.15, -0.1) is 0 Å². The van der Waals surface area contributed by atoms with Crippen molar-refractivity contribution in [1.29, 1.82) is 0 Å². The minimum absolute atomic E-state index is 0.0373. The molecule has 7 heteroatoms. The second-order valence-corrected chi connectivity index (χ2v) is 6.13. The van der Waals surface area contributed by atoms with E-state index in [2.05, 4.69) is 5.32 Å². The third-order valence-electron chi connectivity index (χ3n) is 2.68. The van der Waals surface area contributed by atoms with Crippen LogP contribution in [-0.2, 0) is 14.8 Å². The van der Waals surface area contributed by atoms with E-state index in [0.29, 0.717) is 23.4 Å². The maximum absolute atomic E-state index is 11.5. The molecule has 0 aliphatic rings. The van der Waals surface area contributed by atoms with Crippen molar-refractivity contribution in [2.24, 2.45) is 5.14 Å². The van der Waals surface area contributed by atoms with Crippen LogP contribution in [0.5, 0.6) is 5.75 Å². The van der Waals surface area contributed by atoms with Crippen LogP contribution in [-0.4, -0.2) is 27.5 Å². The van der Waals surface area contributed by atoms with Crippen LogP contribution in [0.15, 0.2) is 17.0 Å². The number of nitrogens with two attached hydrogens (primary N) is 1. The van der Waals surface area contributed by atoms with Crippen LogP contribution in [0.4, 0.5) is 0 Å². The molecule has 0 radical (unpaired) electrons. The molecule has 6 nitrogen and oxygen atoms in total. The number of carbonyl (C=O) groups is 1. The highest BCUT2D eigenvalue weighted by molar-refractivity contribution is 7.89. The van der Waals surface area contributed by atoms with Crippen LogP contribution in [0.25, 0.3) is 0 Å². The Hall–Kier alpha value is -1.60. The number of rotatable bonds is 6. The van der Waals surface area contributed by atoms with Gasteiger partial charge in [-0.3, -0.25) is 4.79 Å². The number of hydrogen-bond acceptors (Lipinski definition) is 4. The molecular weight excluding hydrogens is 280 g/mol. The molecule has 1 amide bonds. The van der Waals surface area contributed by atoms with Crippen LogP contribution in [0.3, 0.4) is 0 Å². The molecule has 0 aliphatic carbocycles. The largest absolute Gasteiger partial charge is 0.483 e. The van der Waals surface area contributed by atoms with Gasteiger partial charge in [-0.25, -0.2) is 13.6 Å². The Morgan fingerprint density at radius 3 is 2.30 bits per heavy atom. The van der Waals surface area contributed by atoms with E-state index in [9.17, 15) is 13.2 Å². The minimum atomic E-state index is -3.74. The average molecular weight is 300 g/mol. The maximum atomic E-state index is 11.5. The van der Waals surface area contributed by atoms with E-state index in [1.54, 1.807) is 13.8 Å². The van der Waals surface area contributed by atoms with Crippen LogP contribution >= 0.6 is 0 Å². The minimum Gasteiger partial charge on any atom is -0.483 e. The van der Waals surface area contributed by atoms with Crippen LogP contribution < -0.4 is 15.2 Å². The van der Waals surface area contributed by atoms with E-state index in [1.807, 2.05) is 6.92 Å². The number of ether oxygens (including phenoxy) is 1. The molecule has 3 N–H and O–H groups in total. The van der Waals surface area contributed by atoms with Gasteiger partial charge in [-0.05, 0) is 43.5 Å². The standard InChI is InChI=1S/C13H20N2O4S/c1-4-5-15-12(16)8-19-13-9(2)6-11(7-10(13)3)20(14,17)18/h6-7H,4-5,8H2,1-3H3,(H,15,16)(H2,14,17,18). The van der Waals surface area contributed by atoms with Gasteiger partial charge >= 0.3 is 0 Å². The third-order valence-corrected chi connectivity index (χ3v) is 3.57. The number of carbonyl (C=O) groups excluding carboxylic acids is 1. The van der Waals surface area contributed by atoms with E-state index in [-0.39, 0.29) is 17.4 Å². The number of nitrogens with one attached hydrogen (secondary N) is 1. The van der Waals surface area contributed by atoms with Gasteiger partial charge in [0.25, 0.3) is 5.91 Å². The molecule has 0 saturated carbocycles. The molecular formula is C13H20N2O4S. The van der Waals surface area contributed by atoms with Crippen LogP contribution in [0, 0.1) is 13.8 Å². The van der Waals surface area contributed by atoms with E-state index < -0.39 is 10.0 Å². The Morgan fingerprint density at radius 2 is 1.85 bits per heavy atom. The lowest BCUT2D eigenvalue weighted by molar-refractivity contribution is -0.123. The Labute approximate surface area is 119 Å². The van der Waals surface area contributed by atoms with E-state index in [4.69, 9.17) is 9.88 Å². The summed E-state index contributed by atoms with van der Waals surface area (Å²) in [5.41, 5.74) is 1.25. The van der Waals surface area contributed by atoms with Crippen molar-refractivity contribution in [3.05, 3.63) is 23.3 Å². The summed E-state index contributed by atoms with van der Waals surface area (Å²) >= 11 is 0. The van der Waals surface area contributed by atoms with Crippen molar-refractivity contribution in [3.8, 4) is 5.75 Å². The summed E-state index contributed by atoms with van der Waals surface area (Å²) in [6.45, 7) is 5.88. The molecule has 0 aromatic heterocycles. The highest BCUT2D eigenvalue weighted by Crippen LogP contribution is 2.26. The topological polar surface area (TPSA) is 98.5 Å². The summed E-state index contributed by atoms with van der Waals surface area (Å²) < 4.78 is 28.1. The molecule has 112 valence electrons. The highest BCUT2D eigenvalue weighted by Gasteiger charge is 2.14. The number of sulfonamides is 1. The monoisotopic (exact) mass is 300 g/mol. The second-order valence-electron chi connectivity index (χ2n) is 4.57. The average Bonchev–Trinajstić information content (AvgIpc) is 2.34. The molecule has 0 saturated heterocycles. The molecule has 1 rings (SSSR count). The molecule has 1 aromatic rings. The van der Waals surface area contributed by atoms with Crippen LogP contribution in [0.1, 0.15) is 24.5 Å². The zero-order chi connectivity index (χ0) is 15.3. The lowest BCUT2D eigenvalue weighted by atomic mass is 10.1. The first-order chi connectivity index (χ1) is 9.25. The van der Waals surface area contributed by atoms with Gasteiger partial charge < -0.3 is 10.1 Å². The smallest absolute Gasteiger partial charge is 0.257 e. The van der Waals surface area contributed by atoms with Gasteiger partial charge in [0.2, 0.25) is 10.0 Å². The normalized spacial score (nSPS) is 11.2. The summed E-state index contributed by atoms with van der Waals surface area (Å²) in [6.07, 6.45) is 0.854. The number of benzene rings is 1. The van der Waals surface area contributed by atoms with Gasteiger partial charge in [0, 0.05) is 6.54 Å². The zero-order valence-electron chi connectivity index (χ0n) is 11.9. The molecule has 0 aliphatic heterocycles. The fraction of sp³-hybridized carbons (Fsp3) is 0.462. The predicted octanol–water partition coefficient (Wildman–Crippen LogP) is 0.856. The molecule has 20 heavy (non-hydrogen) atoms. The molecule has 0 heterocycles. The number of primary sulfonamides is 1. The summed E-state index contributed by atoms with van der Waals surface area (Å²) in [6, 6.07) is 2.86. The van der Waals surface area contributed by atoms with Gasteiger partial charge in [0.05, 0.1) is 4.90 Å². The van der Waals surface area contributed by atoms with E-state index in [1.165, 1.54) is 12.1 Å². The highest BCUT2D eigenvalue weighted by atomic mass is 32.2. The van der Waals surface area contributed by atoms with Crippen molar-refractivity contribution < 1.29 is 17.9 Å². The van der Waals surface area contributed by atoms with Gasteiger partial charge in [-0.1, -0.05) is 6.92 Å². The molecule has 0 unspecified atom stereocenters. The zero-order valence-corrected chi connectivity index (χ0v) is 12.7. The number of hydrogen-bond donors (Lipinski definition) is 2. The molecule has 0 atom stereocenters. The maximum Gasteiger partial charge on any atom is 0.257 e. The summed E-state index contributed by atoms with van der Waals surface area (Å²) in [4.78, 5) is 11.5. The van der Waals surface area contributed by atoms with Crippen LogP contribution in [0.2, 0.25) is 0 Å². The molecule has 0 bridgehead atoms. The Balaban J connectivity index is 2.85. The Kier molecular flexibility index (Phi) is 5.52. The Morgan fingerprint density at radius 1 is 1.30 bits per heavy atom. The van der Waals surface area contributed by atoms with Crippen molar-refractivity contribution in [2.75, 3.05) is 13.2 Å². The molecule has 0 spiro atoms. The SMILES string of the molecule is CCCNC(=O)COc1c(C)cc(S(N)(=O)=O)cc1C. The van der Waals surface area contributed by atoms with E-state index in [0.717, 1.165) is 6.42 Å². The van der Waals surface area contributed by atoms with Gasteiger partial charge in [0.15, 0.2) is 6.61 Å². The number of amides is 1. The first kappa shape index (κ1) is 16.5.